The third kappa shape index (κ3) is 5.07. The Balaban J connectivity index is 2.86. The number of nitriles is 1. The van der Waals surface area contributed by atoms with Crippen molar-refractivity contribution < 1.29 is 9.47 Å². The van der Waals surface area contributed by atoms with Crippen LogP contribution in [0.3, 0.4) is 0 Å². The molecule has 0 saturated carbocycles. The largest absolute Gasteiger partial charge is 0.385 e. The lowest BCUT2D eigenvalue weighted by Gasteiger charge is -2.25. The second-order valence-corrected chi connectivity index (χ2v) is 4.54. The van der Waals surface area contributed by atoms with Gasteiger partial charge in [0.15, 0.2) is 0 Å². The van der Waals surface area contributed by atoms with Crippen LogP contribution in [0, 0.1) is 11.3 Å². The molecule has 0 aliphatic carbocycles. The van der Waals surface area contributed by atoms with Crippen molar-refractivity contribution in [1.29, 1.82) is 5.26 Å². The maximum absolute atomic E-state index is 9.20. The van der Waals surface area contributed by atoms with E-state index in [1.54, 1.807) is 26.4 Å². The molecule has 0 spiro atoms. The molecule has 0 bridgehead atoms. The highest BCUT2D eigenvalue weighted by atomic mass is 35.5. The van der Waals surface area contributed by atoms with Crippen LogP contribution >= 0.6 is 11.6 Å². The SMILES string of the molecule is COCCCN(CCOC)c1ccc(Cl)cc1C#N. The highest BCUT2D eigenvalue weighted by Crippen LogP contribution is 2.23. The van der Waals surface area contributed by atoms with E-state index in [1.807, 2.05) is 6.07 Å². The summed E-state index contributed by atoms with van der Waals surface area (Å²) in [6.45, 7) is 2.85. The number of hydrogen-bond acceptors (Lipinski definition) is 4. The molecule has 4 nitrogen and oxygen atoms in total. The van der Waals surface area contributed by atoms with E-state index >= 15 is 0 Å². The molecule has 0 aromatic heterocycles. The van der Waals surface area contributed by atoms with Crippen LogP contribution in [0.4, 0.5) is 5.69 Å². The molecule has 0 radical (unpaired) electrons. The second kappa shape index (κ2) is 8.76. The van der Waals surface area contributed by atoms with E-state index < -0.39 is 0 Å². The maximum atomic E-state index is 9.20. The van der Waals surface area contributed by atoms with Gasteiger partial charge >= 0.3 is 0 Å². The van der Waals surface area contributed by atoms with E-state index in [1.165, 1.54) is 0 Å². The van der Waals surface area contributed by atoms with Crippen molar-refractivity contribution in [3.8, 4) is 6.07 Å². The first-order valence-corrected chi connectivity index (χ1v) is 6.53. The molecule has 0 aliphatic rings. The molecule has 0 unspecified atom stereocenters. The van der Waals surface area contributed by atoms with Gasteiger partial charge in [0, 0.05) is 38.9 Å². The minimum absolute atomic E-state index is 0.573. The van der Waals surface area contributed by atoms with Gasteiger partial charge in [0.2, 0.25) is 0 Å². The Kier molecular flexibility index (Phi) is 7.27. The molecule has 19 heavy (non-hydrogen) atoms. The molecule has 1 rings (SSSR count). The van der Waals surface area contributed by atoms with Crippen molar-refractivity contribution in [1.82, 2.24) is 0 Å². The number of ether oxygens (including phenoxy) is 2. The molecular formula is C14H19ClN2O2. The van der Waals surface area contributed by atoms with Gasteiger partial charge < -0.3 is 14.4 Å². The fourth-order valence-corrected chi connectivity index (χ4v) is 2.00. The zero-order valence-electron chi connectivity index (χ0n) is 11.4. The predicted octanol–water partition coefficient (Wildman–Crippen LogP) is 2.70. The zero-order valence-corrected chi connectivity index (χ0v) is 12.1. The first kappa shape index (κ1) is 15.8. The van der Waals surface area contributed by atoms with E-state index in [9.17, 15) is 5.26 Å². The van der Waals surface area contributed by atoms with Gasteiger partial charge in [-0.1, -0.05) is 11.6 Å². The number of halogens is 1. The minimum Gasteiger partial charge on any atom is -0.385 e. The highest BCUT2D eigenvalue weighted by molar-refractivity contribution is 6.30. The van der Waals surface area contributed by atoms with Crippen LogP contribution in [-0.4, -0.2) is 40.5 Å². The third-order valence-corrected chi connectivity index (χ3v) is 3.00. The van der Waals surface area contributed by atoms with Gasteiger partial charge in [-0.2, -0.15) is 5.26 Å². The Hall–Kier alpha value is -1.28. The maximum Gasteiger partial charge on any atom is 0.101 e. The number of anilines is 1. The molecule has 0 heterocycles. The Bertz CT molecular complexity index is 432. The lowest BCUT2D eigenvalue weighted by atomic mass is 10.1. The summed E-state index contributed by atoms with van der Waals surface area (Å²) in [4.78, 5) is 2.12. The molecule has 1 aromatic rings. The summed E-state index contributed by atoms with van der Waals surface area (Å²) in [6, 6.07) is 7.55. The Morgan fingerprint density at radius 1 is 1.21 bits per heavy atom. The van der Waals surface area contributed by atoms with Gasteiger partial charge in [-0.05, 0) is 24.6 Å². The number of benzene rings is 1. The average molecular weight is 283 g/mol. The average Bonchev–Trinajstić information content (AvgIpc) is 2.43. The Morgan fingerprint density at radius 3 is 2.58 bits per heavy atom. The van der Waals surface area contributed by atoms with Crippen LogP contribution in [-0.2, 0) is 9.47 Å². The third-order valence-electron chi connectivity index (χ3n) is 2.76. The normalized spacial score (nSPS) is 10.2. The number of hydrogen-bond donors (Lipinski definition) is 0. The van der Waals surface area contributed by atoms with Gasteiger partial charge in [0.05, 0.1) is 17.9 Å². The van der Waals surface area contributed by atoms with Gasteiger partial charge in [-0.25, -0.2) is 0 Å². The molecule has 0 saturated heterocycles. The molecule has 0 aliphatic heterocycles. The molecular weight excluding hydrogens is 264 g/mol. The van der Waals surface area contributed by atoms with Gasteiger partial charge in [-0.15, -0.1) is 0 Å². The molecule has 0 atom stereocenters. The summed E-state index contributed by atoms with van der Waals surface area (Å²) in [5.41, 5.74) is 1.47. The van der Waals surface area contributed by atoms with E-state index in [4.69, 9.17) is 21.1 Å². The van der Waals surface area contributed by atoms with E-state index in [0.717, 1.165) is 25.2 Å². The van der Waals surface area contributed by atoms with E-state index in [-0.39, 0.29) is 0 Å². The van der Waals surface area contributed by atoms with Crippen molar-refractivity contribution in [3.63, 3.8) is 0 Å². The summed E-state index contributed by atoms with van der Waals surface area (Å²) in [7, 11) is 3.35. The Morgan fingerprint density at radius 2 is 1.95 bits per heavy atom. The minimum atomic E-state index is 0.573. The van der Waals surface area contributed by atoms with E-state index in [2.05, 4.69) is 11.0 Å². The Labute approximate surface area is 119 Å². The lowest BCUT2D eigenvalue weighted by molar-refractivity contribution is 0.191. The second-order valence-electron chi connectivity index (χ2n) is 4.10. The molecule has 104 valence electrons. The van der Waals surface area contributed by atoms with Crippen LogP contribution in [0.15, 0.2) is 18.2 Å². The van der Waals surface area contributed by atoms with Gasteiger partial charge in [-0.3, -0.25) is 0 Å². The standard InChI is InChI=1S/C14H19ClN2O2/c1-18-8-3-6-17(7-9-19-2)14-5-4-13(15)10-12(14)11-16/h4-5,10H,3,6-9H2,1-2H3. The van der Waals surface area contributed by atoms with Gasteiger partial charge in [0.1, 0.15) is 6.07 Å². The first-order valence-electron chi connectivity index (χ1n) is 6.15. The molecule has 5 heteroatoms. The molecule has 1 aromatic carbocycles. The number of nitrogens with zero attached hydrogens (tertiary/aromatic N) is 2. The number of methoxy groups -OCH3 is 2. The summed E-state index contributed by atoms with van der Waals surface area (Å²) >= 11 is 5.92. The van der Waals surface area contributed by atoms with Crippen LogP contribution in [0.25, 0.3) is 0 Å². The topological polar surface area (TPSA) is 45.5 Å². The van der Waals surface area contributed by atoms with Crippen molar-refractivity contribution in [3.05, 3.63) is 28.8 Å². The van der Waals surface area contributed by atoms with Crippen molar-refractivity contribution >= 4 is 17.3 Å². The monoisotopic (exact) mass is 282 g/mol. The fourth-order valence-electron chi connectivity index (χ4n) is 1.83. The van der Waals surface area contributed by atoms with Crippen LogP contribution in [0.5, 0.6) is 0 Å². The fraction of sp³-hybridized carbons (Fsp3) is 0.500. The smallest absolute Gasteiger partial charge is 0.101 e. The quantitative estimate of drug-likeness (QED) is 0.688. The summed E-state index contributed by atoms with van der Waals surface area (Å²) in [5, 5.41) is 9.77. The lowest BCUT2D eigenvalue weighted by Crippen LogP contribution is -2.29. The van der Waals surface area contributed by atoms with Crippen molar-refractivity contribution in [2.45, 2.75) is 6.42 Å². The van der Waals surface area contributed by atoms with Crippen LogP contribution in [0.2, 0.25) is 5.02 Å². The zero-order chi connectivity index (χ0) is 14.1. The highest BCUT2D eigenvalue weighted by Gasteiger charge is 2.11. The first-order chi connectivity index (χ1) is 9.22. The van der Waals surface area contributed by atoms with Crippen molar-refractivity contribution in [2.75, 3.05) is 45.4 Å². The predicted molar refractivity (Wildman–Crippen MR) is 76.7 cm³/mol. The van der Waals surface area contributed by atoms with Crippen molar-refractivity contribution in [2.24, 2.45) is 0 Å². The van der Waals surface area contributed by atoms with Gasteiger partial charge in [0.25, 0.3) is 0 Å². The summed E-state index contributed by atoms with van der Waals surface area (Å²) in [5.74, 6) is 0. The molecule has 0 amide bonds. The molecule has 0 N–H and O–H groups in total. The summed E-state index contributed by atoms with van der Waals surface area (Å²) in [6.07, 6.45) is 0.897. The molecule has 0 fully saturated rings. The number of rotatable bonds is 8. The van der Waals surface area contributed by atoms with Crippen LogP contribution in [0.1, 0.15) is 12.0 Å². The summed E-state index contributed by atoms with van der Waals surface area (Å²) < 4.78 is 10.2. The van der Waals surface area contributed by atoms with E-state index in [0.29, 0.717) is 23.8 Å². The van der Waals surface area contributed by atoms with Crippen LogP contribution < -0.4 is 4.90 Å².